The minimum absolute atomic E-state index is 0. The molecular weight excluding hydrogens is 254 g/mol. The minimum Gasteiger partial charge on any atom is -0.550 e. The van der Waals surface area contributed by atoms with Crippen molar-refractivity contribution in [2.75, 3.05) is 27.7 Å². The number of hydrogen-bond donors (Lipinski definition) is 2. The fourth-order valence-corrected chi connectivity index (χ4v) is 0.889. The highest BCUT2D eigenvalue weighted by molar-refractivity contribution is 6.31. The highest BCUT2D eigenvalue weighted by atomic mass is 24.3. The Hall–Kier alpha value is -0.704. The van der Waals surface area contributed by atoms with Gasteiger partial charge in [0, 0.05) is 19.3 Å². The van der Waals surface area contributed by atoms with Crippen molar-refractivity contribution in [2.45, 2.75) is 19.4 Å². The lowest BCUT2D eigenvalue weighted by molar-refractivity contribution is -0.873. The maximum absolute atomic E-state index is 10.0. The average molecular weight is 276 g/mol. The number of carbonyl (C=O) groups excluding carboxylic acids is 2. The van der Waals surface area contributed by atoms with Crippen LogP contribution in [0.5, 0.6) is 0 Å². The van der Waals surface area contributed by atoms with Gasteiger partial charge in [-0.15, -0.1) is 0 Å². The summed E-state index contributed by atoms with van der Waals surface area (Å²) < 4.78 is 0.550. The molecule has 0 aromatic heterocycles. The molecule has 0 rings (SSSR count). The summed E-state index contributed by atoms with van der Waals surface area (Å²) in [6.07, 6.45) is -1.09. The fourth-order valence-electron chi connectivity index (χ4n) is 0.889. The normalized spacial score (nSPS) is 11.4. The number of likely N-dealkylation sites (N-methyl/N-ethyl adjacent to an activating group) is 1. The summed E-state index contributed by atoms with van der Waals surface area (Å²) in [4.78, 5) is 28.9. The molecule has 1 atom stereocenters. The number of Topliss-reactive ketones (excluding diaryl/α,β-unsaturated/α-hetero) is 1. The van der Waals surface area contributed by atoms with E-state index in [0.717, 1.165) is 6.92 Å². The largest absolute Gasteiger partial charge is 0.550 e. The molecule has 0 radical (unpaired) electrons. The van der Waals surface area contributed by atoms with Gasteiger partial charge in [-0.1, -0.05) is 0 Å². The van der Waals surface area contributed by atoms with Gasteiger partial charge >= 0.3 is 29.0 Å². The lowest BCUT2D eigenvalue weighted by Crippen LogP contribution is -2.43. The lowest BCUT2D eigenvalue weighted by atomic mass is 10.2. The number of carbonyl (C=O) groups is 3. The van der Waals surface area contributed by atoms with Crippen LogP contribution in [0.15, 0.2) is 0 Å². The second-order valence-corrected chi connectivity index (χ2v) is 4.56. The molecule has 0 aliphatic rings. The summed E-state index contributed by atoms with van der Waals surface area (Å²) in [5.41, 5.74) is 0. The molecule has 0 spiro atoms. The molecule has 7 nitrogen and oxygen atoms in total. The number of carboxylic acid groups (broad SMARTS) is 2. The van der Waals surface area contributed by atoms with Gasteiger partial charge in [-0.3, -0.25) is 4.79 Å². The zero-order chi connectivity index (χ0) is 14.2. The topological polar surface area (TPSA) is 115 Å². The van der Waals surface area contributed by atoms with Crippen LogP contribution in [-0.4, -0.2) is 89.3 Å². The monoisotopic (exact) mass is 275 g/mol. The van der Waals surface area contributed by atoms with Crippen LogP contribution in [0.1, 0.15) is 13.3 Å². The number of rotatable bonds is 5. The van der Waals surface area contributed by atoms with Crippen molar-refractivity contribution < 1.29 is 34.2 Å². The number of hydrogen-bond acceptors (Lipinski definition) is 5. The molecule has 18 heavy (non-hydrogen) atoms. The van der Waals surface area contributed by atoms with Gasteiger partial charge < -0.3 is 24.6 Å². The SMILES string of the molecule is CC(=O)C(=O)O.C[N+](C)(C)CC(O)CC(=O)[O-].[MgH2]. The van der Waals surface area contributed by atoms with Crippen molar-refractivity contribution in [1.82, 2.24) is 0 Å². The molecule has 0 aliphatic heterocycles. The Labute approximate surface area is 122 Å². The second-order valence-electron chi connectivity index (χ2n) is 4.56. The lowest BCUT2D eigenvalue weighted by Gasteiger charge is -2.26. The van der Waals surface area contributed by atoms with Crippen LogP contribution >= 0.6 is 0 Å². The number of carboxylic acids is 2. The molecule has 0 aromatic rings. The Balaban J connectivity index is -0.000000277. The number of aliphatic carboxylic acids is 2. The van der Waals surface area contributed by atoms with Gasteiger partial charge in [0.2, 0.25) is 5.78 Å². The molecule has 0 fully saturated rings. The first-order chi connectivity index (χ1) is 7.45. The van der Waals surface area contributed by atoms with Gasteiger partial charge in [-0.2, -0.15) is 0 Å². The highest BCUT2D eigenvalue weighted by Gasteiger charge is 2.14. The van der Waals surface area contributed by atoms with Gasteiger partial charge in [0.25, 0.3) is 0 Å². The Kier molecular flexibility index (Phi) is 12.8. The van der Waals surface area contributed by atoms with Crippen LogP contribution in [0.2, 0.25) is 0 Å². The molecule has 2 N–H and O–H groups in total. The Bertz CT molecular complexity index is 275. The van der Waals surface area contributed by atoms with E-state index in [0.29, 0.717) is 11.0 Å². The van der Waals surface area contributed by atoms with Crippen molar-refractivity contribution in [2.24, 2.45) is 0 Å². The summed E-state index contributed by atoms with van der Waals surface area (Å²) in [5, 5.41) is 26.8. The zero-order valence-corrected chi connectivity index (χ0v) is 10.5. The van der Waals surface area contributed by atoms with E-state index in [1.165, 1.54) is 0 Å². The molecule has 0 aliphatic carbocycles. The third kappa shape index (κ3) is 20.7. The first kappa shape index (κ1) is 22.5. The summed E-state index contributed by atoms with van der Waals surface area (Å²) >= 11 is 0. The third-order valence-corrected chi connectivity index (χ3v) is 1.46. The molecule has 0 saturated carbocycles. The summed E-state index contributed by atoms with van der Waals surface area (Å²) in [5.74, 6) is -3.41. The van der Waals surface area contributed by atoms with Crippen molar-refractivity contribution >= 4 is 40.8 Å². The molecule has 8 heteroatoms. The quantitative estimate of drug-likeness (QED) is 0.313. The predicted molar refractivity (Wildman–Crippen MR) is 65.4 cm³/mol. The maximum Gasteiger partial charge on any atom is 0.371 e. The molecule has 0 heterocycles. The van der Waals surface area contributed by atoms with Crippen molar-refractivity contribution in [3.05, 3.63) is 0 Å². The predicted octanol–water partition coefficient (Wildman–Crippen LogP) is -3.06. The second kappa shape index (κ2) is 10.2. The number of aliphatic hydroxyl groups excluding tert-OH is 1. The van der Waals surface area contributed by atoms with E-state index in [-0.39, 0.29) is 29.5 Å². The first-order valence-electron chi connectivity index (χ1n) is 4.88. The van der Waals surface area contributed by atoms with Crippen LogP contribution < -0.4 is 5.11 Å². The van der Waals surface area contributed by atoms with E-state index in [2.05, 4.69) is 0 Å². The van der Waals surface area contributed by atoms with Crippen LogP contribution in [0, 0.1) is 0 Å². The van der Waals surface area contributed by atoms with Gasteiger partial charge in [0.05, 0.1) is 21.1 Å². The van der Waals surface area contributed by atoms with E-state index < -0.39 is 23.8 Å². The molecule has 0 saturated heterocycles. The number of quaternary nitrogens is 1. The van der Waals surface area contributed by atoms with E-state index in [1.54, 1.807) is 0 Å². The van der Waals surface area contributed by atoms with Crippen LogP contribution in [0.4, 0.5) is 0 Å². The van der Waals surface area contributed by atoms with E-state index in [9.17, 15) is 19.5 Å². The molecular formula is C10H21MgNO6. The molecule has 1 unspecified atom stereocenters. The van der Waals surface area contributed by atoms with Crippen LogP contribution in [-0.2, 0) is 14.4 Å². The summed E-state index contributed by atoms with van der Waals surface area (Å²) in [6.45, 7) is 1.43. The average Bonchev–Trinajstić information content (AvgIpc) is 1.98. The van der Waals surface area contributed by atoms with Gasteiger partial charge in [0.15, 0.2) is 0 Å². The van der Waals surface area contributed by atoms with Crippen molar-refractivity contribution in [3.8, 4) is 0 Å². The third-order valence-electron chi connectivity index (χ3n) is 1.46. The first-order valence-corrected chi connectivity index (χ1v) is 4.88. The van der Waals surface area contributed by atoms with Gasteiger partial charge in [0.1, 0.15) is 12.6 Å². The molecule has 104 valence electrons. The fraction of sp³-hybridized carbons (Fsp3) is 0.700. The van der Waals surface area contributed by atoms with Crippen LogP contribution in [0.25, 0.3) is 0 Å². The van der Waals surface area contributed by atoms with Crippen molar-refractivity contribution in [3.63, 3.8) is 0 Å². The molecule has 0 bridgehead atoms. The Morgan fingerprint density at radius 1 is 1.22 bits per heavy atom. The van der Waals surface area contributed by atoms with Crippen LogP contribution in [0.3, 0.4) is 0 Å². The highest BCUT2D eigenvalue weighted by Crippen LogP contribution is 1.97. The Morgan fingerprint density at radius 3 is 1.72 bits per heavy atom. The number of ketones is 1. The standard InChI is InChI=1S/C7H15NO3.C3H4O3.Mg.2H/c1-8(2,3)5-6(9)4-7(10)11;1-2(4)3(5)6;;;/h6,9H,4-5H2,1-3H3;1H3,(H,5,6);;;. The molecule has 0 amide bonds. The number of aliphatic hydroxyl groups is 1. The summed E-state index contributed by atoms with van der Waals surface area (Å²) in [6, 6.07) is 0. The van der Waals surface area contributed by atoms with E-state index >= 15 is 0 Å². The number of nitrogens with zero attached hydrogens (tertiary/aromatic N) is 1. The Morgan fingerprint density at radius 2 is 1.56 bits per heavy atom. The maximum atomic E-state index is 10.0. The smallest absolute Gasteiger partial charge is 0.371 e. The van der Waals surface area contributed by atoms with Gasteiger partial charge in [-0.05, 0) is 0 Å². The van der Waals surface area contributed by atoms with Crippen molar-refractivity contribution in [1.29, 1.82) is 0 Å². The molecule has 0 aromatic carbocycles. The summed E-state index contributed by atoms with van der Waals surface area (Å²) in [7, 11) is 5.66. The minimum atomic E-state index is -1.38. The van der Waals surface area contributed by atoms with E-state index in [1.807, 2.05) is 21.1 Å². The zero-order valence-electron chi connectivity index (χ0n) is 10.5. The van der Waals surface area contributed by atoms with Gasteiger partial charge in [-0.25, -0.2) is 4.79 Å². The van der Waals surface area contributed by atoms with E-state index in [4.69, 9.17) is 10.2 Å².